The van der Waals surface area contributed by atoms with Crippen LogP contribution in [0.5, 0.6) is 0 Å². The van der Waals surface area contributed by atoms with Crippen molar-refractivity contribution in [3.05, 3.63) is 30.5 Å². The lowest BCUT2D eigenvalue weighted by atomic mass is 10.1. The molecule has 1 N–H and O–H groups in total. The second-order valence-corrected chi connectivity index (χ2v) is 5.68. The topological polar surface area (TPSA) is 62.5 Å². The van der Waals surface area contributed by atoms with Crippen LogP contribution >= 0.6 is 0 Å². The maximum atomic E-state index is 12.2. The van der Waals surface area contributed by atoms with Gasteiger partial charge in [-0.15, -0.1) is 0 Å². The highest BCUT2D eigenvalue weighted by Crippen LogP contribution is 2.10. The Labute approximate surface area is 124 Å². The van der Waals surface area contributed by atoms with Gasteiger partial charge in [0.25, 0.3) is 0 Å². The van der Waals surface area contributed by atoms with Gasteiger partial charge in [0.05, 0.1) is 24.6 Å². The summed E-state index contributed by atoms with van der Waals surface area (Å²) in [6.45, 7) is 5.58. The molecule has 1 saturated heterocycles. The molecule has 2 aromatic heterocycles. The number of likely N-dealkylation sites (tertiary alicyclic amines) is 1. The van der Waals surface area contributed by atoms with Gasteiger partial charge in [-0.3, -0.25) is 14.2 Å². The van der Waals surface area contributed by atoms with Crippen LogP contribution in [0.25, 0.3) is 5.65 Å². The van der Waals surface area contributed by atoms with E-state index in [4.69, 9.17) is 0 Å². The maximum Gasteiger partial charge on any atom is 0.224 e. The Morgan fingerprint density at radius 2 is 2.19 bits per heavy atom. The van der Waals surface area contributed by atoms with Crippen LogP contribution in [0.1, 0.15) is 25.5 Å². The van der Waals surface area contributed by atoms with Gasteiger partial charge in [0, 0.05) is 24.9 Å². The van der Waals surface area contributed by atoms with Gasteiger partial charge >= 0.3 is 0 Å². The van der Waals surface area contributed by atoms with Crippen LogP contribution in [0.15, 0.2) is 24.8 Å². The number of hydrogen-bond donors (Lipinski definition) is 1. The van der Waals surface area contributed by atoms with Crippen molar-refractivity contribution in [3.8, 4) is 0 Å². The number of nitrogens with one attached hydrogen (secondary N) is 1. The van der Waals surface area contributed by atoms with Crippen molar-refractivity contribution in [2.24, 2.45) is 5.92 Å². The summed E-state index contributed by atoms with van der Waals surface area (Å²) in [7, 11) is 0. The Bertz CT molecular complexity index is 617. The first kappa shape index (κ1) is 14.0. The normalized spacial score (nSPS) is 17.2. The van der Waals surface area contributed by atoms with Crippen LogP contribution in [-0.4, -0.2) is 44.8 Å². The predicted octanol–water partition coefficient (Wildman–Crippen LogP) is 1.08. The average molecular weight is 287 g/mol. The minimum absolute atomic E-state index is 0.0175. The van der Waals surface area contributed by atoms with Crippen molar-refractivity contribution in [2.75, 3.05) is 19.6 Å². The summed E-state index contributed by atoms with van der Waals surface area (Å²) >= 11 is 0. The van der Waals surface area contributed by atoms with Gasteiger partial charge in [-0.2, -0.15) is 0 Å². The minimum Gasteiger partial charge on any atom is -0.350 e. The molecule has 3 heterocycles. The number of imidazole rings is 1. The zero-order valence-electron chi connectivity index (χ0n) is 12.3. The summed E-state index contributed by atoms with van der Waals surface area (Å²) in [5.74, 6) is 0.120. The quantitative estimate of drug-likeness (QED) is 0.894. The third-order valence-electron chi connectivity index (χ3n) is 4.02. The molecule has 1 aliphatic heterocycles. The number of hydrogen-bond acceptors (Lipinski definition) is 4. The molecular weight excluding hydrogens is 266 g/mol. The lowest BCUT2D eigenvalue weighted by Gasteiger charge is -2.19. The van der Waals surface area contributed by atoms with E-state index in [0.717, 1.165) is 31.0 Å². The van der Waals surface area contributed by atoms with E-state index in [1.165, 1.54) is 12.8 Å². The van der Waals surface area contributed by atoms with E-state index < -0.39 is 0 Å². The maximum absolute atomic E-state index is 12.2. The molecule has 0 aliphatic carbocycles. The van der Waals surface area contributed by atoms with E-state index in [2.05, 4.69) is 20.2 Å². The molecule has 0 aromatic carbocycles. The molecular formula is C15H21N5O. The third-order valence-corrected chi connectivity index (χ3v) is 4.02. The number of aromatic nitrogens is 3. The van der Waals surface area contributed by atoms with Crippen molar-refractivity contribution in [3.63, 3.8) is 0 Å². The molecule has 0 unspecified atom stereocenters. The highest BCUT2D eigenvalue weighted by molar-refractivity contribution is 5.78. The van der Waals surface area contributed by atoms with E-state index in [0.29, 0.717) is 6.54 Å². The summed E-state index contributed by atoms with van der Waals surface area (Å²) in [6, 6.07) is 0. The first-order valence-electron chi connectivity index (χ1n) is 7.50. The van der Waals surface area contributed by atoms with E-state index in [1.54, 1.807) is 18.6 Å². The number of rotatable bonds is 5. The molecule has 0 spiro atoms. The van der Waals surface area contributed by atoms with Gasteiger partial charge in [-0.1, -0.05) is 6.92 Å². The van der Waals surface area contributed by atoms with Crippen LogP contribution in [-0.2, 0) is 11.3 Å². The SMILES string of the molecule is C[C@H](CN1CCCC1)C(=O)NCc1cnc2cnccn12. The van der Waals surface area contributed by atoms with E-state index >= 15 is 0 Å². The van der Waals surface area contributed by atoms with Crippen molar-refractivity contribution < 1.29 is 4.79 Å². The molecule has 2 aromatic rings. The van der Waals surface area contributed by atoms with E-state index in [-0.39, 0.29) is 11.8 Å². The van der Waals surface area contributed by atoms with Crippen LogP contribution in [0.4, 0.5) is 0 Å². The number of carbonyl (C=O) groups excluding carboxylic acids is 1. The molecule has 1 aliphatic rings. The van der Waals surface area contributed by atoms with Gasteiger partial charge < -0.3 is 10.2 Å². The second-order valence-electron chi connectivity index (χ2n) is 5.68. The van der Waals surface area contributed by atoms with E-state index in [1.807, 2.05) is 17.5 Å². The van der Waals surface area contributed by atoms with Crippen LogP contribution < -0.4 is 5.32 Å². The fourth-order valence-corrected chi connectivity index (χ4v) is 2.81. The Morgan fingerprint density at radius 1 is 1.38 bits per heavy atom. The smallest absolute Gasteiger partial charge is 0.224 e. The number of carbonyl (C=O) groups is 1. The molecule has 112 valence electrons. The zero-order valence-corrected chi connectivity index (χ0v) is 12.3. The van der Waals surface area contributed by atoms with Crippen LogP contribution in [0.2, 0.25) is 0 Å². The van der Waals surface area contributed by atoms with Crippen molar-refractivity contribution >= 4 is 11.6 Å². The summed E-state index contributed by atoms with van der Waals surface area (Å²) in [6.07, 6.45) is 9.58. The molecule has 0 bridgehead atoms. The molecule has 3 rings (SSSR count). The highest BCUT2D eigenvalue weighted by atomic mass is 16.1. The fourth-order valence-electron chi connectivity index (χ4n) is 2.81. The van der Waals surface area contributed by atoms with E-state index in [9.17, 15) is 4.79 Å². The largest absolute Gasteiger partial charge is 0.350 e. The Morgan fingerprint density at radius 3 is 3.00 bits per heavy atom. The van der Waals surface area contributed by atoms with Crippen molar-refractivity contribution in [1.82, 2.24) is 24.6 Å². The molecule has 6 nitrogen and oxygen atoms in total. The number of fused-ring (bicyclic) bond motifs is 1. The molecule has 1 atom stereocenters. The molecule has 0 saturated carbocycles. The summed E-state index contributed by atoms with van der Waals surface area (Å²) in [4.78, 5) is 22.8. The molecule has 0 radical (unpaired) electrons. The van der Waals surface area contributed by atoms with Gasteiger partial charge in [0.2, 0.25) is 5.91 Å². The Balaban J connectivity index is 1.55. The number of nitrogens with zero attached hydrogens (tertiary/aromatic N) is 4. The minimum atomic E-state index is 0.0175. The predicted molar refractivity (Wildman–Crippen MR) is 79.7 cm³/mol. The number of amides is 1. The Hall–Kier alpha value is -1.95. The standard InChI is InChI=1S/C15H21N5O/c1-12(11-19-5-2-3-6-19)15(21)18-9-13-8-17-14-10-16-4-7-20(13)14/h4,7-8,10,12H,2-3,5-6,9,11H2,1H3,(H,18,21)/t12-/m1/s1. The van der Waals surface area contributed by atoms with Crippen molar-refractivity contribution in [1.29, 1.82) is 0 Å². The molecule has 1 fully saturated rings. The first-order valence-corrected chi connectivity index (χ1v) is 7.50. The monoisotopic (exact) mass is 287 g/mol. The zero-order chi connectivity index (χ0) is 14.7. The molecule has 1 amide bonds. The summed E-state index contributed by atoms with van der Waals surface area (Å²) in [5, 5.41) is 3.00. The van der Waals surface area contributed by atoms with Crippen molar-refractivity contribution in [2.45, 2.75) is 26.3 Å². The fraction of sp³-hybridized carbons (Fsp3) is 0.533. The average Bonchev–Trinajstić information content (AvgIpc) is 3.14. The lowest BCUT2D eigenvalue weighted by molar-refractivity contribution is -0.125. The van der Waals surface area contributed by atoms with Gasteiger partial charge in [-0.05, 0) is 25.9 Å². The van der Waals surface area contributed by atoms with Gasteiger partial charge in [0.15, 0.2) is 5.65 Å². The van der Waals surface area contributed by atoms with Crippen LogP contribution in [0, 0.1) is 5.92 Å². The lowest BCUT2D eigenvalue weighted by Crippen LogP contribution is -2.36. The van der Waals surface area contributed by atoms with Gasteiger partial charge in [-0.25, -0.2) is 4.98 Å². The Kier molecular flexibility index (Phi) is 4.15. The van der Waals surface area contributed by atoms with Crippen LogP contribution in [0.3, 0.4) is 0 Å². The molecule has 21 heavy (non-hydrogen) atoms. The molecule has 6 heteroatoms. The second kappa shape index (κ2) is 6.22. The summed E-state index contributed by atoms with van der Waals surface area (Å²) in [5.41, 5.74) is 1.76. The summed E-state index contributed by atoms with van der Waals surface area (Å²) < 4.78 is 1.94. The van der Waals surface area contributed by atoms with Gasteiger partial charge in [0.1, 0.15) is 0 Å². The third kappa shape index (κ3) is 3.21. The highest BCUT2D eigenvalue weighted by Gasteiger charge is 2.19. The first-order chi connectivity index (χ1) is 10.2.